The summed E-state index contributed by atoms with van der Waals surface area (Å²) >= 11 is 0. The van der Waals surface area contributed by atoms with Crippen LogP contribution in [0.15, 0.2) is 36.5 Å². The topological polar surface area (TPSA) is 52.0 Å². The summed E-state index contributed by atoms with van der Waals surface area (Å²) in [5, 5.41) is 0. The number of rotatable bonds is 0. The Bertz CT molecular complexity index is 169. The Balaban J connectivity index is 2.82. The predicted molar refractivity (Wildman–Crippen MR) is 38.5 cm³/mol. The molecule has 1 aliphatic carbocycles. The maximum absolute atomic E-state index is 5.50. The van der Waals surface area contributed by atoms with Gasteiger partial charge in [0.1, 0.15) is 5.66 Å². The van der Waals surface area contributed by atoms with Gasteiger partial charge in [-0.1, -0.05) is 18.7 Å². The predicted octanol–water partition coefficient (Wildman–Crippen LogP) is 0.282. The monoisotopic (exact) mass is 122 g/mol. The van der Waals surface area contributed by atoms with Crippen molar-refractivity contribution < 1.29 is 0 Å². The number of hydrogen-bond acceptors (Lipinski definition) is 2. The van der Waals surface area contributed by atoms with Crippen molar-refractivity contribution in [2.45, 2.75) is 5.66 Å². The van der Waals surface area contributed by atoms with Crippen molar-refractivity contribution in [3.05, 3.63) is 36.5 Å². The fraction of sp³-hybridized carbons (Fsp3) is 0.143. The maximum atomic E-state index is 5.50. The second-order valence-corrected chi connectivity index (χ2v) is 2.24. The Labute approximate surface area is 54.5 Å². The molecule has 1 aliphatic rings. The molecule has 4 N–H and O–H groups in total. The smallest absolute Gasteiger partial charge is 0.103 e. The third-order valence-electron chi connectivity index (χ3n) is 1.17. The van der Waals surface area contributed by atoms with E-state index in [0.29, 0.717) is 0 Å². The average Bonchev–Trinajstić information content (AvgIpc) is 1.78. The zero-order valence-electron chi connectivity index (χ0n) is 5.17. The quantitative estimate of drug-likeness (QED) is 0.453. The van der Waals surface area contributed by atoms with Gasteiger partial charge >= 0.3 is 0 Å². The van der Waals surface area contributed by atoms with Crippen LogP contribution in [0.4, 0.5) is 0 Å². The summed E-state index contributed by atoms with van der Waals surface area (Å²) in [4.78, 5) is 0. The van der Waals surface area contributed by atoms with Crippen molar-refractivity contribution in [3.8, 4) is 0 Å². The molecule has 9 heavy (non-hydrogen) atoms. The molecule has 0 saturated heterocycles. The Hall–Kier alpha value is -0.860. The number of nitrogens with two attached hydrogens (primary N) is 2. The summed E-state index contributed by atoms with van der Waals surface area (Å²) in [5.41, 5.74) is 11.2. The molecule has 2 nitrogen and oxygen atoms in total. The molecule has 48 valence electrons. The molecule has 2 heteroatoms. The van der Waals surface area contributed by atoms with Crippen LogP contribution in [0.1, 0.15) is 0 Å². The fourth-order valence-corrected chi connectivity index (χ4v) is 0.614. The first-order valence-corrected chi connectivity index (χ1v) is 2.75. The lowest BCUT2D eigenvalue weighted by molar-refractivity contribution is 0.689. The standard InChI is InChI=1S/C7H10N2/c1-6-2-4-7(8,9)5-3-6/h2-5H,1,8-9H2. The minimum Gasteiger partial charge on any atom is -0.307 e. The van der Waals surface area contributed by atoms with E-state index in [9.17, 15) is 0 Å². The van der Waals surface area contributed by atoms with E-state index >= 15 is 0 Å². The Kier molecular flexibility index (Phi) is 1.27. The fourth-order valence-electron chi connectivity index (χ4n) is 0.614. The van der Waals surface area contributed by atoms with Crippen molar-refractivity contribution in [2.24, 2.45) is 11.5 Å². The first-order chi connectivity index (χ1) is 4.10. The molecule has 0 unspecified atom stereocenters. The summed E-state index contributed by atoms with van der Waals surface area (Å²) in [5.74, 6) is 0. The van der Waals surface area contributed by atoms with E-state index in [1.165, 1.54) is 0 Å². The van der Waals surface area contributed by atoms with E-state index < -0.39 is 5.66 Å². The Morgan fingerprint density at radius 3 is 2.00 bits per heavy atom. The molecule has 0 amide bonds. The lowest BCUT2D eigenvalue weighted by atomic mass is 10.0. The van der Waals surface area contributed by atoms with Gasteiger partial charge < -0.3 is 11.5 Å². The second kappa shape index (κ2) is 1.83. The highest BCUT2D eigenvalue weighted by Gasteiger charge is 2.11. The van der Waals surface area contributed by atoms with Gasteiger partial charge in [-0.05, 0) is 17.7 Å². The highest BCUT2D eigenvalue weighted by atomic mass is 14.9. The third kappa shape index (κ3) is 1.52. The summed E-state index contributed by atoms with van der Waals surface area (Å²) < 4.78 is 0. The molecule has 1 rings (SSSR count). The number of allylic oxidation sites excluding steroid dienone is 3. The molecule has 0 aliphatic heterocycles. The van der Waals surface area contributed by atoms with Gasteiger partial charge in [0.05, 0.1) is 0 Å². The molecule has 0 spiro atoms. The van der Waals surface area contributed by atoms with E-state index in [0.717, 1.165) is 5.57 Å². The molecule has 0 bridgehead atoms. The lowest BCUT2D eigenvalue weighted by Gasteiger charge is -2.17. The van der Waals surface area contributed by atoms with Crippen LogP contribution >= 0.6 is 0 Å². The van der Waals surface area contributed by atoms with Gasteiger partial charge in [0.25, 0.3) is 0 Å². The molecule has 0 aromatic rings. The second-order valence-electron chi connectivity index (χ2n) is 2.24. The molecule has 0 saturated carbocycles. The van der Waals surface area contributed by atoms with E-state index in [2.05, 4.69) is 6.58 Å². The molecular weight excluding hydrogens is 112 g/mol. The molecule has 0 heterocycles. The number of hydrogen-bond donors (Lipinski definition) is 2. The van der Waals surface area contributed by atoms with Gasteiger partial charge in [0.15, 0.2) is 0 Å². The van der Waals surface area contributed by atoms with E-state index in [4.69, 9.17) is 11.5 Å². The van der Waals surface area contributed by atoms with Gasteiger partial charge in [-0.2, -0.15) is 0 Å². The molecule has 0 radical (unpaired) electrons. The van der Waals surface area contributed by atoms with Crippen LogP contribution in [-0.4, -0.2) is 5.66 Å². The van der Waals surface area contributed by atoms with E-state index in [-0.39, 0.29) is 0 Å². The van der Waals surface area contributed by atoms with E-state index in [1.54, 1.807) is 24.3 Å². The minimum absolute atomic E-state index is 0.763. The summed E-state index contributed by atoms with van der Waals surface area (Å²) in [7, 11) is 0. The summed E-state index contributed by atoms with van der Waals surface area (Å²) in [6.07, 6.45) is 7.05. The lowest BCUT2D eigenvalue weighted by Crippen LogP contribution is -2.45. The summed E-state index contributed by atoms with van der Waals surface area (Å²) in [6.45, 7) is 3.70. The van der Waals surface area contributed by atoms with Crippen LogP contribution in [0.2, 0.25) is 0 Å². The van der Waals surface area contributed by atoms with Crippen molar-refractivity contribution in [3.63, 3.8) is 0 Å². The van der Waals surface area contributed by atoms with Crippen molar-refractivity contribution in [1.82, 2.24) is 0 Å². The first-order valence-electron chi connectivity index (χ1n) is 2.75. The SMILES string of the molecule is C=C1C=CC(N)(N)C=C1. The van der Waals surface area contributed by atoms with Gasteiger partial charge in [-0.15, -0.1) is 0 Å². The largest absolute Gasteiger partial charge is 0.307 e. The van der Waals surface area contributed by atoms with Crippen molar-refractivity contribution >= 4 is 0 Å². The molecule has 0 aromatic heterocycles. The van der Waals surface area contributed by atoms with E-state index in [1.807, 2.05) is 0 Å². The highest BCUT2D eigenvalue weighted by Crippen LogP contribution is 2.08. The Morgan fingerprint density at radius 2 is 1.67 bits per heavy atom. The summed E-state index contributed by atoms with van der Waals surface area (Å²) in [6, 6.07) is 0. The van der Waals surface area contributed by atoms with Crippen molar-refractivity contribution in [1.29, 1.82) is 0 Å². The minimum atomic E-state index is -0.763. The van der Waals surface area contributed by atoms with Crippen LogP contribution in [0.25, 0.3) is 0 Å². The van der Waals surface area contributed by atoms with Crippen molar-refractivity contribution in [2.75, 3.05) is 0 Å². The van der Waals surface area contributed by atoms with Gasteiger partial charge in [0, 0.05) is 0 Å². The van der Waals surface area contributed by atoms with Crippen LogP contribution in [0, 0.1) is 0 Å². The van der Waals surface area contributed by atoms with Crippen LogP contribution in [0.5, 0.6) is 0 Å². The molecule has 0 fully saturated rings. The molecular formula is C7H10N2. The van der Waals surface area contributed by atoms with Gasteiger partial charge in [-0.3, -0.25) is 0 Å². The van der Waals surface area contributed by atoms with Gasteiger partial charge in [-0.25, -0.2) is 0 Å². The molecule has 0 aromatic carbocycles. The van der Waals surface area contributed by atoms with Crippen LogP contribution in [0.3, 0.4) is 0 Å². The van der Waals surface area contributed by atoms with Crippen LogP contribution in [-0.2, 0) is 0 Å². The zero-order valence-corrected chi connectivity index (χ0v) is 5.17. The van der Waals surface area contributed by atoms with Gasteiger partial charge in [0.2, 0.25) is 0 Å². The average molecular weight is 122 g/mol. The Morgan fingerprint density at radius 1 is 1.22 bits per heavy atom. The zero-order chi connectivity index (χ0) is 6.91. The molecule has 0 atom stereocenters. The van der Waals surface area contributed by atoms with Crippen LogP contribution < -0.4 is 11.5 Å². The first kappa shape index (κ1) is 6.26. The maximum Gasteiger partial charge on any atom is 0.103 e. The highest BCUT2D eigenvalue weighted by molar-refractivity contribution is 5.37. The third-order valence-corrected chi connectivity index (χ3v) is 1.17. The normalized spacial score (nSPS) is 22.7.